The molecule has 0 saturated heterocycles. The maximum absolute atomic E-state index is 12.2. The second-order valence-electron chi connectivity index (χ2n) is 6.65. The van der Waals surface area contributed by atoms with Gasteiger partial charge in [-0.3, -0.25) is 29.4 Å². The number of ether oxygens (including phenoxy) is 1. The number of nitro benzene ring substituents is 1. The van der Waals surface area contributed by atoms with Gasteiger partial charge in [-0.25, -0.2) is 0 Å². The zero-order chi connectivity index (χ0) is 20.1. The van der Waals surface area contributed by atoms with Gasteiger partial charge in [0.15, 0.2) is 6.61 Å². The van der Waals surface area contributed by atoms with Gasteiger partial charge in [0.25, 0.3) is 11.6 Å². The van der Waals surface area contributed by atoms with Crippen molar-refractivity contribution >= 4 is 29.2 Å². The van der Waals surface area contributed by atoms with Crippen molar-refractivity contribution in [3.05, 3.63) is 28.3 Å². The average molecular weight is 379 g/mol. The number of rotatable bonds is 8. The van der Waals surface area contributed by atoms with Crippen LogP contribution >= 0.6 is 0 Å². The van der Waals surface area contributed by atoms with E-state index in [2.05, 4.69) is 5.32 Å². The first-order chi connectivity index (χ1) is 12.7. The topological polar surface area (TPSA) is 139 Å². The number of carboxylic acid groups (broad SMARTS) is 1. The van der Waals surface area contributed by atoms with Crippen LogP contribution in [0.15, 0.2) is 18.2 Å². The quantitative estimate of drug-likeness (QED) is 0.511. The molecule has 1 atom stereocenters. The summed E-state index contributed by atoms with van der Waals surface area (Å²) in [6.07, 6.45) is 0.404. The number of amides is 2. The first-order valence-corrected chi connectivity index (χ1v) is 8.40. The monoisotopic (exact) mass is 379 g/mol. The van der Waals surface area contributed by atoms with Crippen molar-refractivity contribution in [2.24, 2.45) is 11.8 Å². The van der Waals surface area contributed by atoms with Crippen molar-refractivity contribution in [3.8, 4) is 5.75 Å². The average Bonchev–Trinajstić information content (AvgIpc) is 2.60. The maximum atomic E-state index is 12.2. The molecule has 1 unspecified atom stereocenters. The van der Waals surface area contributed by atoms with E-state index in [1.165, 1.54) is 18.2 Å². The number of non-ortho nitro benzene ring substituents is 1. The number of nitrogens with zero attached hydrogens (tertiary/aromatic N) is 2. The number of carbonyl (C=O) groups excluding carboxylic acids is 2. The molecule has 0 radical (unpaired) electrons. The van der Waals surface area contributed by atoms with E-state index in [1.807, 2.05) is 13.8 Å². The molecule has 1 aliphatic heterocycles. The van der Waals surface area contributed by atoms with Gasteiger partial charge >= 0.3 is 5.97 Å². The van der Waals surface area contributed by atoms with Crippen LogP contribution in [0.4, 0.5) is 11.4 Å². The normalized spacial score (nSPS) is 14.3. The highest BCUT2D eigenvalue weighted by molar-refractivity contribution is 6.02. The Morgan fingerprint density at radius 2 is 2.11 bits per heavy atom. The summed E-state index contributed by atoms with van der Waals surface area (Å²) in [6.45, 7) is 3.03. The number of nitrogens with one attached hydrogen (secondary N) is 1. The van der Waals surface area contributed by atoms with E-state index in [-0.39, 0.29) is 42.7 Å². The first-order valence-electron chi connectivity index (χ1n) is 8.40. The third kappa shape index (κ3) is 5.16. The lowest BCUT2D eigenvalue weighted by Crippen LogP contribution is -2.46. The van der Waals surface area contributed by atoms with E-state index in [0.717, 1.165) is 4.90 Å². The number of nitro groups is 1. The van der Waals surface area contributed by atoms with Crippen molar-refractivity contribution in [1.29, 1.82) is 0 Å². The molecule has 0 aromatic heterocycles. The predicted octanol–water partition coefficient (Wildman–Crippen LogP) is 1.18. The third-order valence-electron chi connectivity index (χ3n) is 4.05. The summed E-state index contributed by atoms with van der Waals surface area (Å²) in [5, 5.41) is 22.7. The van der Waals surface area contributed by atoms with Crippen LogP contribution in [0.1, 0.15) is 20.3 Å². The lowest BCUT2D eigenvalue weighted by atomic mass is 9.97. The second-order valence-corrected chi connectivity index (χ2v) is 6.65. The molecule has 0 bridgehead atoms. The third-order valence-corrected chi connectivity index (χ3v) is 4.05. The van der Waals surface area contributed by atoms with Crippen molar-refractivity contribution in [3.63, 3.8) is 0 Å². The molecule has 0 saturated carbocycles. The van der Waals surface area contributed by atoms with Crippen molar-refractivity contribution < 1.29 is 29.2 Å². The highest BCUT2D eigenvalue weighted by atomic mass is 16.6. The van der Waals surface area contributed by atoms with Crippen LogP contribution in [0.3, 0.4) is 0 Å². The van der Waals surface area contributed by atoms with Gasteiger partial charge in [0.05, 0.1) is 16.5 Å². The maximum Gasteiger partial charge on any atom is 0.308 e. The van der Waals surface area contributed by atoms with Crippen LogP contribution in [0.5, 0.6) is 5.75 Å². The minimum absolute atomic E-state index is 0.0628. The minimum atomic E-state index is -1.01. The van der Waals surface area contributed by atoms with Gasteiger partial charge in [0.1, 0.15) is 12.3 Å². The largest absolute Gasteiger partial charge is 0.482 e. The molecule has 0 fully saturated rings. The van der Waals surface area contributed by atoms with Crippen LogP contribution in [0, 0.1) is 22.0 Å². The molecule has 146 valence electrons. The van der Waals surface area contributed by atoms with E-state index in [1.54, 1.807) is 0 Å². The molecule has 1 aromatic rings. The number of anilines is 1. The fourth-order valence-corrected chi connectivity index (χ4v) is 2.75. The van der Waals surface area contributed by atoms with Gasteiger partial charge in [-0.2, -0.15) is 0 Å². The Morgan fingerprint density at radius 1 is 1.41 bits per heavy atom. The van der Waals surface area contributed by atoms with Gasteiger partial charge in [0.2, 0.25) is 5.91 Å². The molecule has 10 nitrogen and oxygen atoms in total. The van der Waals surface area contributed by atoms with Gasteiger partial charge < -0.3 is 15.2 Å². The molecule has 27 heavy (non-hydrogen) atoms. The zero-order valence-electron chi connectivity index (χ0n) is 15.0. The lowest BCUT2D eigenvalue weighted by molar-refractivity contribution is -0.384. The Labute approximate surface area is 155 Å². The molecule has 2 amide bonds. The minimum Gasteiger partial charge on any atom is -0.482 e. The van der Waals surface area contributed by atoms with Gasteiger partial charge in [-0.1, -0.05) is 13.8 Å². The molecule has 2 rings (SSSR count). The van der Waals surface area contributed by atoms with Gasteiger partial charge in [-0.05, 0) is 18.4 Å². The summed E-state index contributed by atoms with van der Waals surface area (Å²) in [5.41, 5.74) is -0.104. The van der Waals surface area contributed by atoms with Gasteiger partial charge in [-0.15, -0.1) is 0 Å². The number of hydrogen-bond acceptors (Lipinski definition) is 6. The van der Waals surface area contributed by atoms with Crippen LogP contribution < -0.4 is 15.0 Å². The van der Waals surface area contributed by atoms with Crippen LogP contribution in [0.2, 0.25) is 0 Å². The van der Waals surface area contributed by atoms with Crippen molar-refractivity contribution in [2.75, 3.05) is 24.6 Å². The lowest BCUT2D eigenvalue weighted by Gasteiger charge is -2.28. The van der Waals surface area contributed by atoms with E-state index in [4.69, 9.17) is 4.74 Å². The number of carboxylic acids is 1. The Kier molecular flexibility index (Phi) is 6.32. The van der Waals surface area contributed by atoms with E-state index in [0.29, 0.717) is 6.42 Å². The standard InChI is InChI=1S/C17H21N3O7/c1-10(2)5-11(17(23)24)7-18-15(21)8-19-13-6-12(20(25)26)3-4-14(13)27-9-16(19)22/h3-4,6,10-11H,5,7-9H2,1-2H3,(H,18,21)(H,23,24). The first kappa shape index (κ1) is 20.1. The van der Waals surface area contributed by atoms with Crippen LogP contribution in [0.25, 0.3) is 0 Å². The van der Waals surface area contributed by atoms with E-state index in [9.17, 15) is 29.6 Å². The van der Waals surface area contributed by atoms with Gasteiger partial charge in [0, 0.05) is 18.7 Å². The molecule has 1 aliphatic rings. The zero-order valence-corrected chi connectivity index (χ0v) is 15.0. The SMILES string of the molecule is CC(C)CC(CNC(=O)CN1C(=O)COc2ccc([N+](=O)[O-])cc21)C(=O)O. The summed E-state index contributed by atoms with van der Waals surface area (Å²) in [5.74, 6) is -2.41. The number of carbonyl (C=O) groups is 3. The molecule has 0 aliphatic carbocycles. The summed E-state index contributed by atoms with van der Waals surface area (Å²) >= 11 is 0. The second kappa shape index (κ2) is 8.47. The fourth-order valence-electron chi connectivity index (χ4n) is 2.75. The summed E-state index contributed by atoms with van der Waals surface area (Å²) in [7, 11) is 0. The number of benzene rings is 1. The van der Waals surface area contributed by atoms with Crippen LogP contribution in [-0.4, -0.2) is 47.5 Å². The summed E-state index contributed by atoms with van der Waals surface area (Å²) in [4.78, 5) is 47.0. The summed E-state index contributed by atoms with van der Waals surface area (Å²) < 4.78 is 5.23. The molecule has 2 N–H and O–H groups in total. The highest BCUT2D eigenvalue weighted by Gasteiger charge is 2.29. The molecular weight excluding hydrogens is 358 g/mol. The number of fused-ring (bicyclic) bond motifs is 1. The Balaban J connectivity index is 2.09. The Bertz CT molecular complexity index is 763. The fraction of sp³-hybridized carbons (Fsp3) is 0.471. The molecule has 1 aromatic carbocycles. The predicted molar refractivity (Wildman–Crippen MR) is 94.5 cm³/mol. The Hall–Kier alpha value is -3.17. The van der Waals surface area contributed by atoms with Crippen LogP contribution in [-0.2, 0) is 14.4 Å². The highest BCUT2D eigenvalue weighted by Crippen LogP contribution is 2.35. The molecule has 0 spiro atoms. The molecular formula is C17H21N3O7. The van der Waals surface area contributed by atoms with E-state index >= 15 is 0 Å². The molecule has 10 heteroatoms. The Morgan fingerprint density at radius 3 is 2.70 bits per heavy atom. The molecule has 1 heterocycles. The number of aliphatic carboxylic acids is 1. The van der Waals surface area contributed by atoms with E-state index < -0.39 is 28.6 Å². The summed E-state index contributed by atoms with van der Waals surface area (Å²) in [6, 6.07) is 3.78. The van der Waals surface area contributed by atoms with Crippen molar-refractivity contribution in [2.45, 2.75) is 20.3 Å². The number of hydrogen-bond donors (Lipinski definition) is 2. The van der Waals surface area contributed by atoms with Crippen molar-refractivity contribution in [1.82, 2.24) is 5.32 Å². The smallest absolute Gasteiger partial charge is 0.308 e.